The zero-order valence-electron chi connectivity index (χ0n) is 6.45. The lowest BCUT2D eigenvalue weighted by Gasteiger charge is -1.98. The Morgan fingerprint density at radius 2 is 2.15 bits per heavy atom. The van der Waals surface area contributed by atoms with Gasteiger partial charge >= 0.3 is 5.63 Å². The van der Waals surface area contributed by atoms with Crippen LogP contribution in [0.1, 0.15) is 0 Å². The minimum atomic E-state index is -0.597. The minimum absolute atomic E-state index is 0.0333. The van der Waals surface area contributed by atoms with Crippen LogP contribution in [0.5, 0.6) is 5.75 Å². The molecular weight excluding hydrogens is 192 g/mol. The Hall–Kier alpha value is -1.48. The van der Waals surface area contributed by atoms with E-state index >= 15 is 0 Å². The molecule has 1 N–H and O–H groups in total. The molecule has 0 bridgehead atoms. The summed E-state index contributed by atoms with van der Waals surface area (Å²) < 4.78 is 4.83. The lowest BCUT2D eigenvalue weighted by molar-refractivity contribution is 0.479. The average molecular weight is 197 g/mol. The quantitative estimate of drug-likeness (QED) is 0.657. The molecule has 0 atom stereocenters. The summed E-state index contributed by atoms with van der Waals surface area (Å²) in [6.07, 6.45) is 0. The van der Waals surface area contributed by atoms with Crippen molar-refractivity contribution >= 4 is 22.6 Å². The van der Waals surface area contributed by atoms with Crippen LogP contribution in [0.4, 0.5) is 0 Å². The number of hydrogen-bond acceptors (Lipinski definition) is 3. The van der Waals surface area contributed by atoms with Crippen LogP contribution in [0.15, 0.2) is 33.5 Å². The van der Waals surface area contributed by atoms with Gasteiger partial charge in [0.15, 0.2) is 0 Å². The van der Waals surface area contributed by atoms with E-state index in [0.717, 1.165) is 0 Å². The predicted octanol–water partition coefficient (Wildman–Crippen LogP) is 2.15. The average Bonchev–Trinajstić information content (AvgIpc) is 2.09. The first-order valence-corrected chi connectivity index (χ1v) is 3.97. The third kappa shape index (κ3) is 1.27. The van der Waals surface area contributed by atoms with Crippen molar-refractivity contribution in [2.45, 2.75) is 0 Å². The molecule has 0 amide bonds. The lowest BCUT2D eigenvalue weighted by atomic mass is 10.2. The summed E-state index contributed by atoms with van der Waals surface area (Å²) in [5.41, 5.74) is -0.269. The molecule has 0 aliphatic rings. The summed E-state index contributed by atoms with van der Waals surface area (Å²) in [6.45, 7) is 0. The van der Waals surface area contributed by atoms with Gasteiger partial charge in [-0.05, 0) is 18.2 Å². The zero-order valence-corrected chi connectivity index (χ0v) is 7.21. The second kappa shape index (κ2) is 2.78. The highest BCUT2D eigenvalue weighted by molar-refractivity contribution is 6.30. The molecule has 0 radical (unpaired) electrons. The van der Waals surface area contributed by atoms with Crippen molar-refractivity contribution in [1.29, 1.82) is 0 Å². The summed E-state index contributed by atoms with van der Waals surface area (Å²) in [5.74, 6) is 0.0446. The standard InChI is InChI=1S/C9H5ClO3/c10-6-4-5-7(11)2-1-3-8(5)13-9(6)12/h1-4,11H. The molecule has 66 valence electrons. The number of aromatic hydroxyl groups is 1. The second-order valence-corrected chi connectivity index (χ2v) is 2.98. The predicted molar refractivity (Wildman–Crippen MR) is 49.2 cm³/mol. The third-order valence-electron chi connectivity index (χ3n) is 1.71. The molecule has 4 heteroatoms. The normalized spacial score (nSPS) is 10.5. The fraction of sp³-hybridized carbons (Fsp3) is 0. The minimum Gasteiger partial charge on any atom is -0.507 e. The van der Waals surface area contributed by atoms with Crippen molar-refractivity contribution in [3.63, 3.8) is 0 Å². The highest BCUT2D eigenvalue weighted by Crippen LogP contribution is 2.24. The van der Waals surface area contributed by atoms with Crippen LogP contribution >= 0.6 is 11.6 Å². The Kier molecular flexibility index (Phi) is 1.74. The zero-order chi connectivity index (χ0) is 9.42. The number of phenols is 1. The molecule has 0 saturated heterocycles. The largest absolute Gasteiger partial charge is 0.507 e. The van der Waals surface area contributed by atoms with Crippen LogP contribution < -0.4 is 5.63 Å². The van der Waals surface area contributed by atoms with Crippen LogP contribution in [-0.4, -0.2) is 5.11 Å². The van der Waals surface area contributed by atoms with E-state index in [-0.39, 0.29) is 10.8 Å². The molecule has 2 rings (SSSR count). The van der Waals surface area contributed by atoms with Gasteiger partial charge in [-0.15, -0.1) is 0 Å². The molecule has 0 aliphatic heterocycles. The van der Waals surface area contributed by atoms with E-state index < -0.39 is 5.63 Å². The van der Waals surface area contributed by atoms with Gasteiger partial charge in [-0.1, -0.05) is 17.7 Å². The van der Waals surface area contributed by atoms with E-state index in [1.165, 1.54) is 12.1 Å². The SMILES string of the molecule is O=c1oc2cccc(O)c2cc1Cl. The van der Waals surface area contributed by atoms with Crippen LogP contribution in [-0.2, 0) is 0 Å². The van der Waals surface area contributed by atoms with Gasteiger partial charge in [-0.3, -0.25) is 0 Å². The molecule has 1 aromatic heterocycles. The van der Waals surface area contributed by atoms with Crippen molar-refractivity contribution in [2.75, 3.05) is 0 Å². The van der Waals surface area contributed by atoms with E-state index in [2.05, 4.69) is 0 Å². The summed E-state index contributed by atoms with van der Waals surface area (Å²) >= 11 is 5.54. The van der Waals surface area contributed by atoms with Gasteiger partial charge in [-0.25, -0.2) is 4.79 Å². The topological polar surface area (TPSA) is 50.4 Å². The fourth-order valence-electron chi connectivity index (χ4n) is 1.10. The first kappa shape index (κ1) is 8.13. The van der Waals surface area contributed by atoms with Crippen molar-refractivity contribution < 1.29 is 9.52 Å². The molecule has 0 aliphatic carbocycles. The van der Waals surface area contributed by atoms with E-state index in [0.29, 0.717) is 11.0 Å². The number of hydrogen-bond donors (Lipinski definition) is 1. The number of fused-ring (bicyclic) bond motifs is 1. The Morgan fingerprint density at radius 3 is 2.92 bits per heavy atom. The van der Waals surface area contributed by atoms with Crippen LogP contribution in [0, 0.1) is 0 Å². The van der Waals surface area contributed by atoms with Gasteiger partial charge in [0.1, 0.15) is 16.4 Å². The molecule has 13 heavy (non-hydrogen) atoms. The van der Waals surface area contributed by atoms with Crippen LogP contribution in [0.3, 0.4) is 0 Å². The lowest BCUT2D eigenvalue weighted by Crippen LogP contribution is -1.97. The van der Waals surface area contributed by atoms with Crippen LogP contribution in [0.2, 0.25) is 5.02 Å². The Morgan fingerprint density at radius 1 is 1.38 bits per heavy atom. The smallest absolute Gasteiger partial charge is 0.355 e. The monoisotopic (exact) mass is 196 g/mol. The van der Waals surface area contributed by atoms with Gasteiger partial charge in [0, 0.05) is 0 Å². The van der Waals surface area contributed by atoms with E-state index in [1.807, 2.05) is 0 Å². The van der Waals surface area contributed by atoms with Gasteiger partial charge < -0.3 is 9.52 Å². The first-order chi connectivity index (χ1) is 6.18. The summed E-state index contributed by atoms with van der Waals surface area (Å²) in [6, 6.07) is 6.07. The maximum Gasteiger partial charge on any atom is 0.355 e. The van der Waals surface area contributed by atoms with E-state index in [1.54, 1.807) is 12.1 Å². The highest BCUT2D eigenvalue weighted by Gasteiger charge is 2.05. The third-order valence-corrected chi connectivity index (χ3v) is 1.98. The van der Waals surface area contributed by atoms with Crippen molar-refractivity contribution in [2.24, 2.45) is 0 Å². The van der Waals surface area contributed by atoms with Crippen molar-refractivity contribution in [3.8, 4) is 5.75 Å². The maximum atomic E-state index is 11.0. The van der Waals surface area contributed by atoms with Crippen molar-refractivity contribution in [3.05, 3.63) is 39.7 Å². The molecule has 2 aromatic rings. The Bertz CT molecular complexity index is 516. The molecule has 0 fully saturated rings. The number of rotatable bonds is 0. The first-order valence-electron chi connectivity index (χ1n) is 3.60. The number of benzene rings is 1. The maximum absolute atomic E-state index is 11.0. The van der Waals surface area contributed by atoms with Gasteiger partial charge in [0.2, 0.25) is 0 Å². The summed E-state index contributed by atoms with van der Waals surface area (Å²) in [4.78, 5) is 11.0. The highest BCUT2D eigenvalue weighted by atomic mass is 35.5. The molecule has 0 spiro atoms. The van der Waals surface area contributed by atoms with Gasteiger partial charge in [0.25, 0.3) is 0 Å². The van der Waals surface area contributed by atoms with E-state index in [9.17, 15) is 9.90 Å². The van der Waals surface area contributed by atoms with Gasteiger partial charge in [-0.2, -0.15) is 0 Å². The second-order valence-electron chi connectivity index (χ2n) is 2.57. The molecule has 1 aromatic carbocycles. The Labute approximate surface area is 78.2 Å². The summed E-state index contributed by atoms with van der Waals surface area (Å²) in [5, 5.41) is 9.77. The van der Waals surface area contributed by atoms with Crippen LogP contribution in [0.25, 0.3) is 11.0 Å². The summed E-state index contributed by atoms with van der Waals surface area (Å²) in [7, 11) is 0. The molecule has 1 heterocycles. The molecule has 0 unspecified atom stereocenters. The number of halogens is 1. The van der Waals surface area contributed by atoms with Gasteiger partial charge in [0.05, 0.1) is 5.39 Å². The fourth-order valence-corrected chi connectivity index (χ4v) is 1.25. The Balaban J connectivity index is 2.97. The van der Waals surface area contributed by atoms with Crippen molar-refractivity contribution in [1.82, 2.24) is 0 Å². The number of phenolic OH excluding ortho intramolecular Hbond substituents is 1. The molecule has 0 saturated carbocycles. The molecular formula is C9H5ClO3. The van der Waals surface area contributed by atoms with E-state index in [4.69, 9.17) is 16.0 Å². The molecule has 3 nitrogen and oxygen atoms in total.